The summed E-state index contributed by atoms with van der Waals surface area (Å²) in [5, 5.41) is 9.48. The van der Waals surface area contributed by atoms with Crippen LogP contribution < -0.4 is 0 Å². The van der Waals surface area contributed by atoms with Crippen molar-refractivity contribution < 1.29 is 27.8 Å². The first-order chi connectivity index (χ1) is 11.1. The number of amides is 1. The number of aliphatic hydroxyl groups is 1. The van der Waals surface area contributed by atoms with E-state index >= 15 is 0 Å². The van der Waals surface area contributed by atoms with E-state index in [1.165, 1.54) is 12.3 Å². The highest BCUT2D eigenvalue weighted by atomic mass is 19.2. The van der Waals surface area contributed by atoms with Crippen molar-refractivity contribution in [1.82, 2.24) is 4.90 Å². The number of halogens is 2. The van der Waals surface area contributed by atoms with Gasteiger partial charge in [0, 0.05) is 24.1 Å². The minimum atomic E-state index is -1.05. The number of nitrogens with zero attached hydrogens (tertiary/aromatic N) is 1. The third-order valence-electron chi connectivity index (χ3n) is 4.07. The number of carbonyl (C=O) groups is 1. The van der Waals surface area contributed by atoms with Crippen LogP contribution in [0.5, 0.6) is 0 Å². The summed E-state index contributed by atoms with van der Waals surface area (Å²) < 4.78 is 37.3. The molecule has 0 aliphatic carbocycles. The molecular weight excluding hydrogens is 308 g/mol. The molecule has 1 atom stereocenters. The number of hydrogen-bond acceptors (Lipinski definition) is 4. The Bertz CT molecular complexity index is 713. The molecule has 0 radical (unpaired) electrons. The van der Waals surface area contributed by atoms with E-state index in [4.69, 9.17) is 14.3 Å². The predicted octanol–water partition coefficient (Wildman–Crippen LogP) is 1.86. The van der Waals surface area contributed by atoms with Crippen molar-refractivity contribution in [3.05, 3.63) is 35.6 Å². The number of carbonyl (C=O) groups excluding carboxylic acids is 1. The van der Waals surface area contributed by atoms with Crippen molar-refractivity contribution in [2.45, 2.75) is 18.9 Å². The summed E-state index contributed by atoms with van der Waals surface area (Å²) in [6.45, 7) is 1.25. The lowest BCUT2D eigenvalue weighted by atomic mass is 10.1. The van der Waals surface area contributed by atoms with Crippen molar-refractivity contribution in [1.29, 1.82) is 0 Å². The molecule has 1 unspecified atom stereocenters. The van der Waals surface area contributed by atoms with E-state index in [-0.39, 0.29) is 30.6 Å². The zero-order valence-electron chi connectivity index (χ0n) is 12.4. The van der Waals surface area contributed by atoms with Crippen LogP contribution in [0.2, 0.25) is 0 Å². The topological polar surface area (TPSA) is 62.9 Å². The SMILES string of the molecule is O=C(Cc1coc2c(F)c(F)ccc12)N1CCOCC1CCO. The quantitative estimate of drug-likeness (QED) is 0.932. The molecule has 7 heteroatoms. The molecule has 1 amide bonds. The molecule has 1 saturated heterocycles. The summed E-state index contributed by atoms with van der Waals surface area (Å²) in [4.78, 5) is 14.2. The lowest BCUT2D eigenvalue weighted by molar-refractivity contribution is -0.139. The first-order valence-electron chi connectivity index (χ1n) is 7.44. The van der Waals surface area contributed by atoms with Gasteiger partial charge in [0.05, 0.1) is 31.9 Å². The Hall–Kier alpha value is -1.99. The molecule has 1 N–H and O–H groups in total. The molecule has 3 rings (SSSR count). The maximum absolute atomic E-state index is 13.7. The average molecular weight is 325 g/mol. The van der Waals surface area contributed by atoms with E-state index in [2.05, 4.69) is 0 Å². The van der Waals surface area contributed by atoms with Crippen LogP contribution in [-0.2, 0) is 16.0 Å². The standard InChI is InChI=1S/C16H17F2NO4/c17-13-2-1-12-10(8-23-16(12)15(13)18)7-14(21)19-4-6-22-9-11(19)3-5-20/h1-2,8,11,20H,3-7,9H2. The highest BCUT2D eigenvalue weighted by molar-refractivity contribution is 5.88. The van der Waals surface area contributed by atoms with Crippen molar-refractivity contribution in [2.75, 3.05) is 26.4 Å². The third kappa shape index (κ3) is 3.07. The Morgan fingerprint density at radius 2 is 2.22 bits per heavy atom. The Kier molecular flexibility index (Phi) is 4.58. The van der Waals surface area contributed by atoms with Crippen LogP contribution in [0, 0.1) is 11.6 Å². The fourth-order valence-electron chi connectivity index (χ4n) is 2.87. The van der Waals surface area contributed by atoms with Gasteiger partial charge in [-0.05, 0) is 18.6 Å². The number of benzene rings is 1. The van der Waals surface area contributed by atoms with Gasteiger partial charge < -0.3 is 19.2 Å². The molecule has 2 aromatic rings. The van der Waals surface area contributed by atoms with Gasteiger partial charge in [-0.25, -0.2) is 4.39 Å². The predicted molar refractivity (Wildman–Crippen MR) is 77.9 cm³/mol. The molecule has 1 aliphatic rings. The molecule has 2 heterocycles. The highest BCUT2D eigenvalue weighted by Gasteiger charge is 2.27. The van der Waals surface area contributed by atoms with Crippen molar-refractivity contribution in [2.24, 2.45) is 0 Å². The number of fused-ring (bicyclic) bond motifs is 1. The summed E-state index contributed by atoms with van der Waals surface area (Å²) in [5.74, 6) is -2.19. The van der Waals surface area contributed by atoms with Gasteiger partial charge in [-0.1, -0.05) is 0 Å². The second-order valence-electron chi connectivity index (χ2n) is 5.50. The summed E-state index contributed by atoms with van der Waals surface area (Å²) in [6.07, 6.45) is 1.75. The minimum absolute atomic E-state index is 0.0278. The number of hydrogen-bond donors (Lipinski definition) is 1. The highest BCUT2D eigenvalue weighted by Crippen LogP contribution is 2.26. The maximum atomic E-state index is 13.7. The van der Waals surface area contributed by atoms with E-state index in [1.54, 1.807) is 4.90 Å². The number of rotatable bonds is 4. The third-order valence-corrected chi connectivity index (χ3v) is 4.07. The summed E-state index contributed by atoms with van der Waals surface area (Å²) in [7, 11) is 0. The van der Waals surface area contributed by atoms with Crippen molar-refractivity contribution >= 4 is 16.9 Å². The van der Waals surface area contributed by atoms with Gasteiger partial charge in [-0.15, -0.1) is 0 Å². The molecule has 0 spiro atoms. The van der Waals surface area contributed by atoms with E-state index < -0.39 is 11.6 Å². The second-order valence-corrected chi connectivity index (χ2v) is 5.50. The first-order valence-corrected chi connectivity index (χ1v) is 7.44. The molecule has 1 fully saturated rings. The lowest BCUT2D eigenvalue weighted by Gasteiger charge is -2.35. The molecule has 124 valence electrons. The van der Waals surface area contributed by atoms with Crippen LogP contribution in [0.4, 0.5) is 8.78 Å². The fourth-order valence-corrected chi connectivity index (χ4v) is 2.87. The molecule has 0 saturated carbocycles. The molecule has 0 bridgehead atoms. The first kappa shape index (κ1) is 15.9. The fraction of sp³-hybridized carbons (Fsp3) is 0.438. The largest absolute Gasteiger partial charge is 0.461 e. The van der Waals surface area contributed by atoms with Gasteiger partial charge in [-0.3, -0.25) is 4.79 Å². The van der Waals surface area contributed by atoms with Crippen molar-refractivity contribution in [3.63, 3.8) is 0 Å². The van der Waals surface area contributed by atoms with E-state index in [9.17, 15) is 13.6 Å². The van der Waals surface area contributed by atoms with Gasteiger partial charge in [0.15, 0.2) is 11.4 Å². The number of morpholine rings is 1. The maximum Gasteiger partial charge on any atom is 0.227 e. The molecule has 5 nitrogen and oxygen atoms in total. The Labute approximate surface area is 131 Å². The van der Waals surface area contributed by atoms with E-state index in [1.807, 2.05) is 0 Å². The van der Waals surface area contributed by atoms with Crippen LogP contribution in [0.1, 0.15) is 12.0 Å². The summed E-state index contributed by atoms with van der Waals surface area (Å²) >= 11 is 0. The van der Waals surface area contributed by atoms with Crippen LogP contribution in [-0.4, -0.2) is 48.3 Å². The minimum Gasteiger partial charge on any atom is -0.461 e. The second kappa shape index (κ2) is 6.64. The molecule has 23 heavy (non-hydrogen) atoms. The van der Waals surface area contributed by atoms with E-state index in [0.717, 1.165) is 6.07 Å². The van der Waals surface area contributed by atoms with Gasteiger partial charge in [0.25, 0.3) is 0 Å². The Morgan fingerprint density at radius 3 is 3.00 bits per heavy atom. The number of aliphatic hydroxyl groups excluding tert-OH is 1. The van der Waals surface area contributed by atoms with Crippen LogP contribution >= 0.6 is 0 Å². The van der Waals surface area contributed by atoms with Gasteiger partial charge in [-0.2, -0.15) is 4.39 Å². The zero-order chi connectivity index (χ0) is 16.4. The van der Waals surface area contributed by atoms with E-state index in [0.29, 0.717) is 37.1 Å². The molecule has 1 aliphatic heterocycles. The Morgan fingerprint density at radius 1 is 1.39 bits per heavy atom. The smallest absolute Gasteiger partial charge is 0.227 e. The summed E-state index contributed by atoms with van der Waals surface area (Å²) in [6, 6.07) is 2.25. The lowest BCUT2D eigenvalue weighted by Crippen LogP contribution is -2.49. The molecular formula is C16H17F2NO4. The van der Waals surface area contributed by atoms with Gasteiger partial charge in [0.2, 0.25) is 11.7 Å². The Balaban J connectivity index is 1.81. The zero-order valence-corrected chi connectivity index (χ0v) is 12.4. The number of ether oxygens (including phenoxy) is 1. The van der Waals surface area contributed by atoms with Crippen LogP contribution in [0.25, 0.3) is 11.0 Å². The van der Waals surface area contributed by atoms with Crippen LogP contribution in [0.3, 0.4) is 0 Å². The molecule has 1 aromatic heterocycles. The van der Waals surface area contributed by atoms with Crippen LogP contribution in [0.15, 0.2) is 22.8 Å². The monoisotopic (exact) mass is 325 g/mol. The van der Waals surface area contributed by atoms with Gasteiger partial charge >= 0.3 is 0 Å². The summed E-state index contributed by atoms with van der Waals surface area (Å²) in [5.41, 5.74) is 0.333. The molecule has 1 aromatic carbocycles. The van der Waals surface area contributed by atoms with Crippen molar-refractivity contribution in [3.8, 4) is 0 Å². The number of furan rings is 1. The normalized spacial score (nSPS) is 18.6. The average Bonchev–Trinajstić information content (AvgIpc) is 2.95. The van der Waals surface area contributed by atoms with Gasteiger partial charge in [0.1, 0.15) is 0 Å².